The van der Waals surface area contributed by atoms with Gasteiger partial charge in [0.15, 0.2) is 0 Å². The van der Waals surface area contributed by atoms with Crippen molar-refractivity contribution in [1.82, 2.24) is 5.32 Å². The number of nitrogens with one attached hydrogen (secondary N) is 1. The molecule has 1 unspecified atom stereocenters. The van der Waals surface area contributed by atoms with Crippen molar-refractivity contribution in [2.45, 2.75) is 97.9 Å². The summed E-state index contributed by atoms with van der Waals surface area (Å²) in [5, 5.41) is 3.27. The van der Waals surface area contributed by atoms with Gasteiger partial charge in [0.2, 0.25) is 5.91 Å². The van der Waals surface area contributed by atoms with E-state index < -0.39 is 0 Å². The van der Waals surface area contributed by atoms with E-state index in [2.05, 4.69) is 33.0 Å². The SMILES string of the molecule is CC(C)CCC(C)NC(=O)C1CCC(C2CCC(C)CC2)CC1. The van der Waals surface area contributed by atoms with E-state index in [-0.39, 0.29) is 5.92 Å². The fraction of sp³-hybridized carbons (Fsp3) is 0.952. The molecule has 1 N–H and O–H groups in total. The molecule has 2 heteroatoms. The minimum absolute atomic E-state index is 0.287. The van der Waals surface area contributed by atoms with Gasteiger partial charge in [-0.25, -0.2) is 0 Å². The Kier molecular flexibility index (Phi) is 7.43. The second-order valence-electron chi connectivity index (χ2n) is 9.01. The van der Waals surface area contributed by atoms with Crippen LogP contribution < -0.4 is 5.32 Å². The lowest BCUT2D eigenvalue weighted by Gasteiger charge is -2.37. The maximum Gasteiger partial charge on any atom is 0.223 e. The summed E-state index contributed by atoms with van der Waals surface area (Å²) in [5.41, 5.74) is 0. The lowest BCUT2D eigenvalue weighted by molar-refractivity contribution is -0.127. The van der Waals surface area contributed by atoms with Gasteiger partial charge < -0.3 is 5.32 Å². The van der Waals surface area contributed by atoms with Crippen molar-refractivity contribution >= 4 is 5.91 Å². The highest BCUT2D eigenvalue weighted by Gasteiger charge is 2.32. The standard InChI is InChI=1S/C21H39NO/c1-15(2)5-8-17(4)22-21(23)20-13-11-19(12-14-20)18-9-6-16(3)7-10-18/h15-20H,5-14H2,1-4H3,(H,22,23). The summed E-state index contributed by atoms with van der Waals surface area (Å²) in [6.07, 6.45) is 12.9. The van der Waals surface area contributed by atoms with E-state index in [1.165, 1.54) is 44.9 Å². The molecule has 2 aliphatic rings. The fourth-order valence-electron chi connectivity index (χ4n) is 4.63. The maximum absolute atomic E-state index is 12.5. The molecule has 2 aliphatic carbocycles. The molecule has 0 spiro atoms. The highest BCUT2D eigenvalue weighted by Crippen LogP contribution is 2.41. The molecule has 0 aliphatic heterocycles. The van der Waals surface area contributed by atoms with Crippen LogP contribution in [-0.4, -0.2) is 11.9 Å². The zero-order valence-corrected chi connectivity index (χ0v) is 15.9. The number of carbonyl (C=O) groups excluding carboxylic acids is 1. The summed E-state index contributed by atoms with van der Waals surface area (Å²) in [5.74, 6) is 4.15. The predicted molar refractivity (Wildman–Crippen MR) is 98.2 cm³/mol. The average Bonchev–Trinajstić information content (AvgIpc) is 2.54. The number of carbonyl (C=O) groups is 1. The molecule has 2 saturated carbocycles. The Morgan fingerprint density at radius 3 is 1.91 bits per heavy atom. The van der Waals surface area contributed by atoms with Crippen LogP contribution in [0.5, 0.6) is 0 Å². The summed E-state index contributed by atoms with van der Waals surface area (Å²) in [6, 6.07) is 0.336. The Morgan fingerprint density at radius 2 is 1.39 bits per heavy atom. The zero-order chi connectivity index (χ0) is 16.8. The molecule has 2 fully saturated rings. The van der Waals surface area contributed by atoms with Crippen molar-refractivity contribution in [2.24, 2.45) is 29.6 Å². The van der Waals surface area contributed by atoms with Gasteiger partial charge in [0.05, 0.1) is 0 Å². The van der Waals surface area contributed by atoms with E-state index in [0.29, 0.717) is 11.9 Å². The molecule has 0 heterocycles. The second-order valence-corrected chi connectivity index (χ2v) is 9.01. The zero-order valence-electron chi connectivity index (χ0n) is 15.9. The van der Waals surface area contributed by atoms with Gasteiger partial charge in [-0.15, -0.1) is 0 Å². The van der Waals surface area contributed by atoms with Gasteiger partial charge in [-0.05, 0) is 82.0 Å². The predicted octanol–water partition coefficient (Wildman–Crippen LogP) is 5.56. The first-order valence-electron chi connectivity index (χ1n) is 10.3. The molecule has 0 saturated heterocycles. The van der Waals surface area contributed by atoms with Gasteiger partial charge in [-0.3, -0.25) is 4.79 Å². The van der Waals surface area contributed by atoms with E-state index >= 15 is 0 Å². The second kappa shape index (κ2) is 9.08. The molecule has 2 nitrogen and oxygen atoms in total. The van der Waals surface area contributed by atoms with Crippen LogP contribution in [0, 0.1) is 29.6 Å². The van der Waals surface area contributed by atoms with E-state index in [1.807, 2.05) is 0 Å². The van der Waals surface area contributed by atoms with Gasteiger partial charge in [-0.1, -0.05) is 33.6 Å². The normalized spacial score (nSPS) is 33.4. The smallest absolute Gasteiger partial charge is 0.223 e. The molecule has 0 bridgehead atoms. The molecule has 23 heavy (non-hydrogen) atoms. The Hall–Kier alpha value is -0.530. The molecule has 134 valence electrons. The van der Waals surface area contributed by atoms with Crippen molar-refractivity contribution < 1.29 is 4.79 Å². The van der Waals surface area contributed by atoms with Gasteiger partial charge in [0, 0.05) is 12.0 Å². The van der Waals surface area contributed by atoms with E-state index in [9.17, 15) is 4.79 Å². The van der Waals surface area contributed by atoms with Crippen LogP contribution >= 0.6 is 0 Å². The first-order chi connectivity index (χ1) is 11.0. The van der Waals surface area contributed by atoms with Crippen molar-refractivity contribution in [1.29, 1.82) is 0 Å². The van der Waals surface area contributed by atoms with Crippen LogP contribution in [0.4, 0.5) is 0 Å². The summed E-state index contributed by atoms with van der Waals surface area (Å²) in [6.45, 7) is 9.07. The number of rotatable bonds is 6. The molecule has 0 radical (unpaired) electrons. The molecule has 2 rings (SSSR count). The Labute approximate surface area is 144 Å². The van der Waals surface area contributed by atoms with E-state index in [4.69, 9.17) is 0 Å². The molecule has 1 amide bonds. The lowest BCUT2D eigenvalue weighted by Crippen LogP contribution is -2.39. The van der Waals surface area contributed by atoms with Gasteiger partial charge in [0.25, 0.3) is 0 Å². The molecule has 1 atom stereocenters. The number of hydrogen-bond acceptors (Lipinski definition) is 1. The molecule has 0 aromatic heterocycles. The first-order valence-corrected chi connectivity index (χ1v) is 10.3. The maximum atomic E-state index is 12.5. The third-order valence-corrected chi connectivity index (χ3v) is 6.44. The minimum atomic E-state index is 0.287. The van der Waals surface area contributed by atoms with Crippen molar-refractivity contribution in [2.75, 3.05) is 0 Å². The fourth-order valence-corrected chi connectivity index (χ4v) is 4.63. The minimum Gasteiger partial charge on any atom is -0.353 e. The molecular weight excluding hydrogens is 282 g/mol. The van der Waals surface area contributed by atoms with Crippen LogP contribution in [0.1, 0.15) is 91.9 Å². The van der Waals surface area contributed by atoms with Crippen LogP contribution in [-0.2, 0) is 4.79 Å². The Balaban J connectivity index is 1.68. The highest BCUT2D eigenvalue weighted by atomic mass is 16.1. The molecule has 0 aromatic rings. The topological polar surface area (TPSA) is 29.1 Å². The van der Waals surface area contributed by atoms with Crippen LogP contribution in [0.25, 0.3) is 0 Å². The van der Waals surface area contributed by atoms with Crippen LogP contribution in [0.15, 0.2) is 0 Å². The third-order valence-electron chi connectivity index (χ3n) is 6.44. The van der Waals surface area contributed by atoms with Crippen molar-refractivity contribution in [3.05, 3.63) is 0 Å². The summed E-state index contributed by atoms with van der Waals surface area (Å²) in [4.78, 5) is 12.5. The first kappa shape index (κ1) is 18.8. The number of hydrogen-bond donors (Lipinski definition) is 1. The Morgan fingerprint density at radius 1 is 0.870 bits per heavy atom. The largest absolute Gasteiger partial charge is 0.353 e. The average molecular weight is 322 g/mol. The van der Waals surface area contributed by atoms with E-state index in [0.717, 1.165) is 42.9 Å². The summed E-state index contributed by atoms with van der Waals surface area (Å²) in [7, 11) is 0. The van der Waals surface area contributed by atoms with Gasteiger partial charge in [0.1, 0.15) is 0 Å². The Bertz CT molecular complexity index is 349. The highest BCUT2D eigenvalue weighted by molar-refractivity contribution is 5.78. The quantitative estimate of drug-likeness (QED) is 0.681. The van der Waals surface area contributed by atoms with Crippen LogP contribution in [0.2, 0.25) is 0 Å². The number of amides is 1. The van der Waals surface area contributed by atoms with Gasteiger partial charge >= 0.3 is 0 Å². The molecule has 0 aromatic carbocycles. The third kappa shape index (κ3) is 6.12. The lowest BCUT2D eigenvalue weighted by atomic mass is 9.69. The van der Waals surface area contributed by atoms with Gasteiger partial charge in [-0.2, -0.15) is 0 Å². The van der Waals surface area contributed by atoms with Crippen LogP contribution in [0.3, 0.4) is 0 Å². The summed E-state index contributed by atoms with van der Waals surface area (Å²) < 4.78 is 0. The van der Waals surface area contributed by atoms with Crippen molar-refractivity contribution in [3.8, 4) is 0 Å². The van der Waals surface area contributed by atoms with Crippen molar-refractivity contribution in [3.63, 3.8) is 0 Å². The monoisotopic (exact) mass is 321 g/mol. The molecular formula is C21H39NO. The summed E-state index contributed by atoms with van der Waals surface area (Å²) >= 11 is 0. The van der Waals surface area contributed by atoms with E-state index in [1.54, 1.807) is 0 Å².